The van der Waals surface area contributed by atoms with Crippen molar-refractivity contribution in [3.05, 3.63) is 25.3 Å². The third kappa shape index (κ3) is 5.87. The molecule has 0 aromatic carbocycles. The van der Waals surface area contributed by atoms with Gasteiger partial charge in [-0.3, -0.25) is 0 Å². The minimum absolute atomic E-state index is 0.669. The standard InChI is InChI=1S/C11H21OP/c1-4-7-8-11-13(12,9-5-2)10-6-3/h5-6H,2-4,7-11H2,1H3. The summed E-state index contributed by atoms with van der Waals surface area (Å²) in [5, 5.41) is 0. The monoisotopic (exact) mass is 200 g/mol. The van der Waals surface area contributed by atoms with E-state index in [9.17, 15) is 4.57 Å². The van der Waals surface area contributed by atoms with Gasteiger partial charge in [0.2, 0.25) is 0 Å². The maximum absolute atomic E-state index is 12.1. The second-order valence-corrected chi connectivity index (χ2v) is 6.73. The van der Waals surface area contributed by atoms with Crippen LogP contribution in [0.2, 0.25) is 0 Å². The molecule has 1 nitrogen and oxygen atoms in total. The number of allylic oxidation sites excluding steroid dienone is 2. The summed E-state index contributed by atoms with van der Waals surface area (Å²) in [4.78, 5) is 0. The Balaban J connectivity index is 3.98. The maximum atomic E-state index is 12.1. The molecule has 0 bridgehead atoms. The molecule has 0 heterocycles. The van der Waals surface area contributed by atoms with Crippen molar-refractivity contribution < 1.29 is 4.57 Å². The van der Waals surface area contributed by atoms with Crippen molar-refractivity contribution in [3.8, 4) is 0 Å². The van der Waals surface area contributed by atoms with E-state index in [1.54, 1.807) is 12.2 Å². The predicted octanol–water partition coefficient (Wildman–Crippen LogP) is 3.91. The molecule has 0 radical (unpaired) electrons. The van der Waals surface area contributed by atoms with Crippen LogP contribution in [0.5, 0.6) is 0 Å². The fourth-order valence-electron chi connectivity index (χ4n) is 1.38. The summed E-state index contributed by atoms with van der Waals surface area (Å²) < 4.78 is 12.1. The quantitative estimate of drug-likeness (QED) is 0.330. The smallest absolute Gasteiger partial charge is 0.0948 e. The van der Waals surface area contributed by atoms with Crippen LogP contribution in [-0.2, 0) is 4.57 Å². The van der Waals surface area contributed by atoms with Gasteiger partial charge in [-0.1, -0.05) is 31.9 Å². The van der Waals surface area contributed by atoms with E-state index in [0.717, 1.165) is 12.6 Å². The molecule has 0 spiro atoms. The zero-order chi connectivity index (χ0) is 10.2. The van der Waals surface area contributed by atoms with Crippen LogP contribution in [0.1, 0.15) is 26.2 Å². The number of hydrogen-bond acceptors (Lipinski definition) is 1. The van der Waals surface area contributed by atoms with Crippen molar-refractivity contribution in [2.75, 3.05) is 18.5 Å². The Morgan fingerprint density at radius 2 is 1.69 bits per heavy atom. The van der Waals surface area contributed by atoms with E-state index in [2.05, 4.69) is 20.1 Å². The molecule has 0 aromatic rings. The average Bonchev–Trinajstić information content (AvgIpc) is 2.05. The summed E-state index contributed by atoms with van der Waals surface area (Å²) in [5.41, 5.74) is 0. The van der Waals surface area contributed by atoms with Gasteiger partial charge in [-0.25, -0.2) is 0 Å². The first kappa shape index (κ1) is 12.7. The van der Waals surface area contributed by atoms with Crippen molar-refractivity contribution in [3.63, 3.8) is 0 Å². The van der Waals surface area contributed by atoms with Gasteiger partial charge in [0, 0.05) is 18.5 Å². The van der Waals surface area contributed by atoms with Crippen LogP contribution in [0.3, 0.4) is 0 Å². The highest BCUT2D eigenvalue weighted by Crippen LogP contribution is 2.46. The Bertz CT molecular complexity index is 182. The highest BCUT2D eigenvalue weighted by Gasteiger charge is 2.17. The van der Waals surface area contributed by atoms with Crippen molar-refractivity contribution in [2.45, 2.75) is 26.2 Å². The van der Waals surface area contributed by atoms with Gasteiger partial charge < -0.3 is 4.57 Å². The SMILES string of the molecule is C=CCP(=O)(CC=C)CCCCC. The second-order valence-electron chi connectivity index (χ2n) is 3.43. The maximum Gasteiger partial charge on any atom is 0.0948 e. The molecule has 0 fully saturated rings. The first-order chi connectivity index (χ1) is 6.18. The fraction of sp³-hybridized carbons (Fsp3) is 0.636. The lowest BCUT2D eigenvalue weighted by atomic mass is 10.3. The first-order valence-corrected chi connectivity index (χ1v) is 7.23. The van der Waals surface area contributed by atoms with Crippen LogP contribution in [0, 0.1) is 0 Å². The molecule has 0 atom stereocenters. The van der Waals surface area contributed by atoms with Crippen LogP contribution in [-0.4, -0.2) is 18.5 Å². The number of hydrogen-bond donors (Lipinski definition) is 0. The molecule has 2 heteroatoms. The summed E-state index contributed by atoms with van der Waals surface area (Å²) >= 11 is 0. The largest absolute Gasteiger partial charge is 0.323 e. The van der Waals surface area contributed by atoms with Crippen molar-refractivity contribution in [1.29, 1.82) is 0 Å². The van der Waals surface area contributed by atoms with Gasteiger partial charge in [0.1, 0.15) is 0 Å². The van der Waals surface area contributed by atoms with E-state index >= 15 is 0 Å². The summed E-state index contributed by atoms with van der Waals surface area (Å²) in [6, 6.07) is 0. The molecule has 13 heavy (non-hydrogen) atoms. The third-order valence-corrected chi connectivity index (χ3v) is 5.07. The minimum Gasteiger partial charge on any atom is -0.323 e. The van der Waals surface area contributed by atoms with Gasteiger partial charge in [-0.2, -0.15) is 0 Å². The molecule has 0 saturated carbocycles. The lowest BCUT2D eigenvalue weighted by Gasteiger charge is -2.13. The van der Waals surface area contributed by atoms with E-state index in [1.165, 1.54) is 12.8 Å². The molecule has 0 unspecified atom stereocenters. The van der Waals surface area contributed by atoms with Gasteiger partial charge in [0.05, 0.1) is 7.14 Å². The van der Waals surface area contributed by atoms with Crippen molar-refractivity contribution >= 4 is 7.14 Å². The van der Waals surface area contributed by atoms with E-state index in [-0.39, 0.29) is 0 Å². The zero-order valence-corrected chi connectivity index (χ0v) is 9.56. The third-order valence-electron chi connectivity index (χ3n) is 2.09. The Labute approximate surface area is 82.3 Å². The lowest BCUT2D eigenvalue weighted by molar-refractivity contribution is 0.575. The molecule has 0 aliphatic heterocycles. The highest BCUT2D eigenvalue weighted by molar-refractivity contribution is 7.64. The van der Waals surface area contributed by atoms with Crippen LogP contribution < -0.4 is 0 Å². The number of rotatable bonds is 8. The van der Waals surface area contributed by atoms with E-state index < -0.39 is 7.14 Å². The van der Waals surface area contributed by atoms with E-state index in [0.29, 0.717) is 12.3 Å². The Morgan fingerprint density at radius 3 is 2.08 bits per heavy atom. The normalized spacial score (nSPS) is 11.2. The zero-order valence-electron chi connectivity index (χ0n) is 8.67. The Hall–Kier alpha value is -0.290. The summed E-state index contributed by atoms with van der Waals surface area (Å²) in [7, 11) is -1.99. The van der Waals surface area contributed by atoms with Crippen molar-refractivity contribution in [2.24, 2.45) is 0 Å². The molecule has 0 rings (SSSR count). The number of unbranched alkanes of at least 4 members (excludes halogenated alkanes) is 2. The van der Waals surface area contributed by atoms with Gasteiger partial charge in [-0.05, 0) is 6.42 Å². The van der Waals surface area contributed by atoms with Gasteiger partial charge >= 0.3 is 0 Å². The lowest BCUT2D eigenvalue weighted by Crippen LogP contribution is -1.97. The minimum atomic E-state index is -1.99. The van der Waals surface area contributed by atoms with Crippen LogP contribution in [0.4, 0.5) is 0 Å². The van der Waals surface area contributed by atoms with Crippen LogP contribution >= 0.6 is 7.14 Å². The predicted molar refractivity (Wildman–Crippen MR) is 62.1 cm³/mol. The average molecular weight is 200 g/mol. The first-order valence-electron chi connectivity index (χ1n) is 4.97. The van der Waals surface area contributed by atoms with Crippen LogP contribution in [0.15, 0.2) is 25.3 Å². The summed E-state index contributed by atoms with van der Waals surface area (Å²) in [5.74, 6) is 0. The second kappa shape index (κ2) is 7.15. The van der Waals surface area contributed by atoms with E-state index in [4.69, 9.17) is 0 Å². The molecule has 0 aliphatic rings. The molecule has 0 aliphatic carbocycles. The Kier molecular flexibility index (Phi) is 6.99. The molecular weight excluding hydrogens is 179 g/mol. The molecule has 0 amide bonds. The molecule has 0 saturated heterocycles. The highest BCUT2D eigenvalue weighted by atomic mass is 31.2. The molecule has 0 N–H and O–H groups in total. The Morgan fingerprint density at radius 1 is 1.15 bits per heavy atom. The summed E-state index contributed by atoms with van der Waals surface area (Å²) in [6.45, 7) is 9.46. The molecular formula is C11H21OP. The van der Waals surface area contributed by atoms with Gasteiger partial charge in [-0.15, -0.1) is 13.2 Å². The topological polar surface area (TPSA) is 17.1 Å². The van der Waals surface area contributed by atoms with Crippen LogP contribution in [0.25, 0.3) is 0 Å². The summed E-state index contributed by atoms with van der Waals surface area (Å²) in [6.07, 6.45) is 9.19. The fourth-order valence-corrected chi connectivity index (χ4v) is 3.63. The van der Waals surface area contributed by atoms with Gasteiger partial charge in [0.15, 0.2) is 0 Å². The van der Waals surface area contributed by atoms with Crippen molar-refractivity contribution in [1.82, 2.24) is 0 Å². The molecule has 76 valence electrons. The molecule has 0 aromatic heterocycles. The van der Waals surface area contributed by atoms with Gasteiger partial charge in [0.25, 0.3) is 0 Å². The van der Waals surface area contributed by atoms with E-state index in [1.807, 2.05) is 0 Å².